The van der Waals surface area contributed by atoms with Gasteiger partial charge in [-0.25, -0.2) is 0 Å². The van der Waals surface area contributed by atoms with Crippen molar-refractivity contribution in [3.63, 3.8) is 0 Å². The van der Waals surface area contributed by atoms with Crippen LogP contribution in [-0.2, 0) is 14.4 Å². The van der Waals surface area contributed by atoms with E-state index in [2.05, 4.69) is 49.2 Å². The molecule has 0 aromatic heterocycles. The van der Waals surface area contributed by atoms with Gasteiger partial charge in [0.15, 0.2) is 0 Å². The largest absolute Gasteiger partial charge is 0.493 e. The lowest BCUT2D eigenvalue weighted by Gasteiger charge is -2.29. The molecule has 1 fully saturated rings. The number of nitrogens with one attached hydrogen (secondary N) is 1. The van der Waals surface area contributed by atoms with Gasteiger partial charge in [-0.3, -0.25) is 19.3 Å². The maximum Gasteiger partial charge on any atom is 0.322 e. The number of rotatable bonds is 20. The first-order valence-corrected chi connectivity index (χ1v) is 18.6. The fraction of sp³-hybridized carbons (Fsp3) is 0.385. The topological polar surface area (TPSA) is 118 Å². The Morgan fingerprint density at radius 2 is 1.45 bits per heavy atom. The summed E-state index contributed by atoms with van der Waals surface area (Å²) in [6.07, 6.45) is 7.57. The molecule has 0 bridgehead atoms. The smallest absolute Gasteiger partial charge is 0.322 e. The maximum absolute atomic E-state index is 13.2. The number of carboxylic acid groups (broad SMARTS) is 1. The molecule has 2 N–H and O–H groups in total. The zero-order chi connectivity index (χ0) is 36.8. The van der Waals surface area contributed by atoms with E-state index in [1.807, 2.05) is 49.4 Å². The quantitative estimate of drug-likeness (QED) is 0.0666. The van der Waals surface area contributed by atoms with E-state index in [4.69, 9.17) is 31.5 Å². The molecular formula is C39H47N3O7S2. The Balaban J connectivity index is 1.72. The fourth-order valence-electron chi connectivity index (χ4n) is 5.08. The number of unbranched alkanes of at least 4 members (excludes halogenated alkanes) is 3. The van der Waals surface area contributed by atoms with Crippen LogP contribution in [0.3, 0.4) is 0 Å². The zero-order valence-corrected chi connectivity index (χ0v) is 31.4. The van der Waals surface area contributed by atoms with Crippen molar-refractivity contribution in [2.24, 2.45) is 0 Å². The number of thiocarbonyl (C=S) groups is 1. The number of aliphatic carboxylic acids is 1. The molecule has 4 rings (SSSR count). The average molecular weight is 734 g/mol. The van der Waals surface area contributed by atoms with Crippen molar-refractivity contribution < 1.29 is 33.7 Å². The molecule has 1 aliphatic heterocycles. The molecule has 0 radical (unpaired) electrons. The lowest BCUT2D eigenvalue weighted by molar-refractivity contribution is -0.138. The maximum atomic E-state index is 13.2. The van der Waals surface area contributed by atoms with Crippen molar-refractivity contribution in [1.29, 1.82) is 0 Å². The van der Waals surface area contributed by atoms with Crippen LogP contribution in [0.1, 0.15) is 70.4 Å². The van der Waals surface area contributed by atoms with Crippen LogP contribution in [0.25, 0.3) is 6.08 Å². The van der Waals surface area contributed by atoms with E-state index in [1.165, 1.54) is 4.90 Å². The molecular weight excluding hydrogens is 687 g/mol. The van der Waals surface area contributed by atoms with Gasteiger partial charge in [0.1, 0.15) is 34.7 Å². The van der Waals surface area contributed by atoms with Crippen LogP contribution in [0.15, 0.2) is 65.6 Å². The minimum atomic E-state index is -1.17. The first-order chi connectivity index (χ1) is 24.6. The molecule has 51 heavy (non-hydrogen) atoms. The highest BCUT2D eigenvalue weighted by Crippen LogP contribution is 2.46. The second-order valence-electron chi connectivity index (χ2n) is 12.1. The van der Waals surface area contributed by atoms with E-state index in [9.17, 15) is 14.4 Å². The number of ether oxygens (including phenoxy) is 3. The summed E-state index contributed by atoms with van der Waals surface area (Å²) in [6, 6.07) is 19.9. The van der Waals surface area contributed by atoms with Crippen LogP contribution in [0, 0.1) is 6.92 Å². The summed E-state index contributed by atoms with van der Waals surface area (Å²) in [5.74, 6) is 0.00181. The number of thioether (sulfide) groups is 1. The van der Waals surface area contributed by atoms with Crippen molar-refractivity contribution in [2.45, 2.75) is 66.2 Å². The molecule has 0 atom stereocenters. The summed E-state index contributed by atoms with van der Waals surface area (Å²) >= 11 is 6.46. The molecule has 12 heteroatoms. The van der Waals surface area contributed by atoms with E-state index in [0.29, 0.717) is 30.5 Å². The first-order valence-electron chi connectivity index (χ1n) is 17.4. The lowest BCUT2D eigenvalue weighted by atomic mass is 10.1. The molecule has 0 aliphatic carbocycles. The van der Waals surface area contributed by atoms with Gasteiger partial charge in [0, 0.05) is 11.8 Å². The van der Waals surface area contributed by atoms with E-state index in [1.54, 1.807) is 6.08 Å². The second-order valence-corrected chi connectivity index (χ2v) is 13.7. The number of benzene rings is 3. The molecule has 10 nitrogen and oxygen atoms in total. The lowest BCUT2D eigenvalue weighted by Crippen LogP contribution is -2.41. The molecule has 272 valence electrons. The minimum Gasteiger partial charge on any atom is -0.493 e. The van der Waals surface area contributed by atoms with Crippen molar-refractivity contribution in [3.05, 3.63) is 76.7 Å². The SMILES string of the molecule is CCCCOc1ccc(N(c2ccc(/C=C3/SC(=S)N(CC(=O)NCC(=O)O)C3=O)cc2)c2ccc(C)cc2OCCCC)c(OCCCC)c1. The van der Waals surface area contributed by atoms with Gasteiger partial charge in [0.05, 0.1) is 36.1 Å². The molecule has 0 unspecified atom stereocenters. The van der Waals surface area contributed by atoms with Crippen LogP contribution in [-0.4, -0.2) is 65.0 Å². The van der Waals surface area contributed by atoms with E-state index in [-0.39, 0.29) is 10.9 Å². The number of hydrogen-bond acceptors (Lipinski definition) is 9. The summed E-state index contributed by atoms with van der Waals surface area (Å²) in [5.41, 5.74) is 4.37. The fourth-order valence-corrected chi connectivity index (χ4v) is 6.34. The van der Waals surface area contributed by atoms with Gasteiger partial charge in [-0.1, -0.05) is 82.2 Å². The molecule has 0 saturated carbocycles. The third-order valence-corrected chi connectivity index (χ3v) is 9.24. The zero-order valence-electron chi connectivity index (χ0n) is 29.7. The number of hydrogen-bond donors (Lipinski definition) is 2. The second kappa shape index (κ2) is 19.7. The third-order valence-electron chi connectivity index (χ3n) is 7.87. The van der Waals surface area contributed by atoms with Gasteiger partial charge in [-0.05, 0) is 79.8 Å². The summed E-state index contributed by atoms with van der Waals surface area (Å²) in [4.78, 5) is 39.8. The van der Waals surface area contributed by atoms with Gasteiger partial charge in [-0.2, -0.15) is 0 Å². The molecule has 3 aromatic carbocycles. The Hall–Kier alpha value is -4.55. The van der Waals surface area contributed by atoms with E-state index in [0.717, 1.165) is 90.0 Å². The van der Waals surface area contributed by atoms with Gasteiger partial charge >= 0.3 is 5.97 Å². The van der Waals surface area contributed by atoms with E-state index >= 15 is 0 Å². The van der Waals surface area contributed by atoms with Gasteiger partial charge in [-0.15, -0.1) is 0 Å². The summed E-state index contributed by atoms with van der Waals surface area (Å²) in [7, 11) is 0. The number of carboxylic acids is 1. The van der Waals surface area contributed by atoms with Crippen LogP contribution in [0.2, 0.25) is 0 Å². The first kappa shape index (κ1) is 39.2. The highest BCUT2D eigenvalue weighted by atomic mass is 32.2. The summed E-state index contributed by atoms with van der Waals surface area (Å²) in [5, 5.41) is 11.1. The third kappa shape index (κ3) is 11.2. The number of carbonyl (C=O) groups excluding carboxylic acids is 2. The number of nitrogens with zero attached hydrogens (tertiary/aromatic N) is 2. The summed E-state index contributed by atoms with van der Waals surface area (Å²) in [6.45, 7) is 9.32. The Bertz CT molecular complexity index is 1710. The monoisotopic (exact) mass is 733 g/mol. The van der Waals surface area contributed by atoms with Gasteiger partial charge in [0.25, 0.3) is 5.91 Å². The Labute approximate surface area is 310 Å². The number of aryl methyl sites for hydroxylation is 1. The normalized spacial score (nSPS) is 13.4. The molecule has 1 heterocycles. The van der Waals surface area contributed by atoms with Crippen molar-refractivity contribution in [3.8, 4) is 17.2 Å². The van der Waals surface area contributed by atoms with Gasteiger partial charge in [0.2, 0.25) is 5.91 Å². The average Bonchev–Trinajstić information content (AvgIpc) is 3.37. The summed E-state index contributed by atoms with van der Waals surface area (Å²) < 4.78 is 19.1. The van der Waals surface area contributed by atoms with Crippen molar-refractivity contribution >= 4 is 69.2 Å². The molecule has 0 spiro atoms. The van der Waals surface area contributed by atoms with E-state index < -0.39 is 24.3 Å². The van der Waals surface area contributed by atoms with Gasteiger partial charge < -0.3 is 29.5 Å². The van der Waals surface area contributed by atoms with Crippen LogP contribution in [0.4, 0.5) is 17.1 Å². The Morgan fingerprint density at radius 1 is 0.863 bits per heavy atom. The molecule has 1 aliphatic rings. The number of anilines is 3. The van der Waals surface area contributed by atoms with Crippen LogP contribution < -0.4 is 24.4 Å². The predicted octanol–water partition coefficient (Wildman–Crippen LogP) is 8.40. The standard InChI is InChI=1S/C39H47N3O7S2/c1-5-8-19-47-30-16-18-32(34(24-30)49-21-10-7-3)42(31-17-11-27(4)22-33(31)48-20-9-6-2)29-14-12-28(13-15-29)23-35-38(46)41(39(50)51-35)26-36(43)40-25-37(44)45/h11-18,22-24H,5-10,19-21,25-26H2,1-4H3,(H,40,43)(H,44,45)/b35-23+. The Kier molecular flexibility index (Phi) is 15.2. The van der Waals surface area contributed by atoms with Crippen molar-refractivity contribution in [2.75, 3.05) is 37.8 Å². The van der Waals surface area contributed by atoms with Crippen LogP contribution in [0.5, 0.6) is 17.2 Å². The number of amides is 2. The number of carbonyl (C=O) groups is 3. The highest BCUT2D eigenvalue weighted by Gasteiger charge is 2.33. The Morgan fingerprint density at radius 3 is 2.06 bits per heavy atom. The predicted molar refractivity (Wildman–Crippen MR) is 208 cm³/mol. The minimum absolute atomic E-state index is 0.229. The van der Waals surface area contributed by atoms with Crippen molar-refractivity contribution in [1.82, 2.24) is 10.2 Å². The molecule has 3 aromatic rings. The van der Waals surface area contributed by atoms with Crippen LogP contribution >= 0.6 is 24.0 Å². The molecule has 2 amide bonds. The highest BCUT2D eigenvalue weighted by molar-refractivity contribution is 8.26. The molecule has 1 saturated heterocycles.